The van der Waals surface area contributed by atoms with E-state index in [9.17, 15) is 4.79 Å². The highest BCUT2D eigenvalue weighted by Crippen LogP contribution is 2.37. The maximum atomic E-state index is 12.9. The Labute approximate surface area is 161 Å². The lowest BCUT2D eigenvalue weighted by Crippen LogP contribution is -2.27. The normalized spacial score (nSPS) is 17.9. The van der Waals surface area contributed by atoms with Gasteiger partial charge in [0, 0.05) is 0 Å². The van der Waals surface area contributed by atoms with E-state index in [1.165, 1.54) is 17.3 Å². The standard InChI is InChI=1S/C20H17NO3S2/c1-2-13-3-6-15(7-4-13)21-19(22)18(26-20(21)25)12-14-5-8-16-17(11-14)24-10-9-23-16/h3-8,11-12H,2,9-10H2,1H3/b18-12-. The summed E-state index contributed by atoms with van der Waals surface area (Å²) in [7, 11) is 0. The van der Waals surface area contributed by atoms with Crippen molar-refractivity contribution in [3.63, 3.8) is 0 Å². The molecule has 1 saturated heterocycles. The number of carbonyl (C=O) groups is 1. The topological polar surface area (TPSA) is 38.8 Å². The Morgan fingerprint density at radius 3 is 2.58 bits per heavy atom. The molecule has 2 aromatic rings. The number of thiocarbonyl (C=S) groups is 1. The molecule has 2 aromatic carbocycles. The van der Waals surface area contributed by atoms with Gasteiger partial charge < -0.3 is 9.47 Å². The molecule has 4 nitrogen and oxygen atoms in total. The van der Waals surface area contributed by atoms with E-state index in [2.05, 4.69) is 6.92 Å². The van der Waals surface area contributed by atoms with E-state index < -0.39 is 0 Å². The van der Waals surface area contributed by atoms with Crippen LogP contribution in [-0.4, -0.2) is 23.4 Å². The van der Waals surface area contributed by atoms with Crippen molar-refractivity contribution in [1.29, 1.82) is 0 Å². The molecule has 0 atom stereocenters. The van der Waals surface area contributed by atoms with Crippen LogP contribution in [0, 0.1) is 0 Å². The quantitative estimate of drug-likeness (QED) is 0.579. The number of carbonyl (C=O) groups excluding carboxylic acids is 1. The van der Waals surface area contributed by atoms with Gasteiger partial charge in [-0.3, -0.25) is 9.69 Å². The van der Waals surface area contributed by atoms with Crippen LogP contribution in [0.4, 0.5) is 5.69 Å². The van der Waals surface area contributed by atoms with Gasteiger partial charge in [0.2, 0.25) is 0 Å². The summed E-state index contributed by atoms with van der Waals surface area (Å²) in [6.07, 6.45) is 2.81. The fourth-order valence-corrected chi connectivity index (χ4v) is 4.17. The SMILES string of the molecule is CCc1ccc(N2C(=O)/C(=C/c3ccc4c(c3)OCCO4)SC2=S)cc1. The highest BCUT2D eigenvalue weighted by Gasteiger charge is 2.33. The van der Waals surface area contributed by atoms with E-state index in [-0.39, 0.29) is 5.91 Å². The number of benzene rings is 2. The fraction of sp³-hybridized carbons (Fsp3) is 0.200. The average molecular weight is 383 g/mol. The van der Waals surface area contributed by atoms with Crippen LogP contribution in [0.3, 0.4) is 0 Å². The summed E-state index contributed by atoms with van der Waals surface area (Å²) in [6, 6.07) is 13.6. The van der Waals surface area contributed by atoms with E-state index in [4.69, 9.17) is 21.7 Å². The maximum Gasteiger partial charge on any atom is 0.270 e. The van der Waals surface area contributed by atoms with E-state index in [0.29, 0.717) is 28.2 Å². The second-order valence-corrected chi connectivity index (χ2v) is 7.62. The fourth-order valence-electron chi connectivity index (χ4n) is 2.87. The predicted molar refractivity (Wildman–Crippen MR) is 109 cm³/mol. The highest BCUT2D eigenvalue weighted by molar-refractivity contribution is 8.27. The molecular formula is C20H17NO3S2. The van der Waals surface area contributed by atoms with Crippen LogP contribution in [0.1, 0.15) is 18.1 Å². The van der Waals surface area contributed by atoms with Gasteiger partial charge in [-0.25, -0.2) is 0 Å². The number of rotatable bonds is 3. The first-order chi connectivity index (χ1) is 12.7. The van der Waals surface area contributed by atoms with Crippen molar-refractivity contribution in [2.75, 3.05) is 18.1 Å². The Bertz CT molecular complexity index is 906. The van der Waals surface area contributed by atoms with Gasteiger partial charge in [-0.05, 0) is 47.9 Å². The number of ether oxygens (including phenoxy) is 2. The minimum Gasteiger partial charge on any atom is -0.486 e. The zero-order valence-electron chi connectivity index (χ0n) is 14.2. The number of aryl methyl sites for hydroxylation is 1. The van der Waals surface area contributed by atoms with Crippen molar-refractivity contribution < 1.29 is 14.3 Å². The van der Waals surface area contributed by atoms with Crippen LogP contribution in [0.2, 0.25) is 0 Å². The molecule has 1 fully saturated rings. The second-order valence-electron chi connectivity index (χ2n) is 5.94. The molecule has 2 aliphatic heterocycles. The zero-order chi connectivity index (χ0) is 18.1. The molecule has 26 heavy (non-hydrogen) atoms. The third-order valence-corrected chi connectivity index (χ3v) is 5.56. The molecule has 0 spiro atoms. The van der Waals surface area contributed by atoms with Crippen LogP contribution in [-0.2, 0) is 11.2 Å². The summed E-state index contributed by atoms with van der Waals surface area (Å²) in [4.78, 5) is 15.0. The highest BCUT2D eigenvalue weighted by atomic mass is 32.2. The molecule has 0 N–H and O–H groups in total. The van der Waals surface area contributed by atoms with E-state index in [1.807, 2.05) is 48.5 Å². The van der Waals surface area contributed by atoms with Crippen LogP contribution >= 0.6 is 24.0 Å². The number of nitrogens with zero attached hydrogens (tertiary/aromatic N) is 1. The second kappa shape index (κ2) is 7.13. The summed E-state index contributed by atoms with van der Waals surface area (Å²) >= 11 is 6.75. The Balaban J connectivity index is 1.61. The summed E-state index contributed by atoms with van der Waals surface area (Å²) < 4.78 is 11.7. The molecule has 0 aromatic heterocycles. The van der Waals surface area contributed by atoms with Crippen molar-refractivity contribution >= 4 is 46.0 Å². The van der Waals surface area contributed by atoms with E-state index in [1.54, 1.807) is 4.90 Å². The van der Waals surface area contributed by atoms with Crippen molar-refractivity contribution in [3.8, 4) is 11.5 Å². The Kier molecular flexibility index (Phi) is 4.70. The lowest BCUT2D eigenvalue weighted by molar-refractivity contribution is -0.113. The monoisotopic (exact) mass is 383 g/mol. The van der Waals surface area contributed by atoms with Gasteiger partial charge in [0.1, 0.15) is 13.2 Å². The molecule has 0 radical (unpaired) electrons. The van der Waals surface area contributed by atoms with Crippen molar-refractivity contribution in [1.82, 2.24) is 0 Å². The minimum atomic E-state index is -0.0980. The number of amides is 1. The van der Waals surface area contributed by atoms with Crippen LogP contribution < -0.4 is 14.4 Å². The number of thioether (sulfide) groups is 1. The average Bonchev–Trinajstić information content (AvgIpc) is 2.95. The molecule has 132 valence electrons. The first-order valence-electron chi connectivity index (χ1n) is 8.42. The molecule has 6 heteroatoms. The van der Waals surface area contributed by atoms with Gasteiger partial charge in [0.15, 0.2) is 15.8 Å². The van der Waals surface area contributed by atoms with Gasteiger partial charge in [0.25, 0.3) is 5.91 Å². The Morgan fingerprint density at radius 1 is 1.12 bits per heavy atom. The van der Waals surface area contributed by atoms with Crippen molar-refractivity contribution in [2.45, 2.75) is 13.3 Å². The van der Waals surface area contributed by atoms with Gasteiger partial charge in [0.05, 0.1) is 10.6 Å². The molecule has 2 aliphatic rings. The largest absolute Gasteiger partial charge is 0.486 e. The van der Waals surface area contributed by atoms with Crippen LogP contribution in [0.5, 0.6) is 11.5 Å². The Morgan fingerprint density at radius 2 is 1.85 bits per heavy atom. The van der Waals surface area contributed by atoms with Crippen molar-refractivity contribution in [2.24, 2.45) is 0 Å². The number of hydrogen-bond donors (Lipinski definition) is 0. The molecule has 4 rings (SSSR count). The molecule has 1 amide bonds. The molecular weight excluding hydrogens is 366 g/mol. The summed E-state index contributed by atoms with van der Waals surface area (Å²) in [5.74, 6) is 1.34. The van der Waals surface area contributed by atoms with Gasteiger partial charge in [-0.2, -0.15) is 0 Å². The number of fused-ring (bicyclic) bond motifs is 1. The summed E-state index contributed by atoms with van der Waals surface area (Å²) in [5.41, 5.74) is 2.91. The smallest absolute Gasteiger partial charge is 0.270 e. The third kappa shape index (κ3) is 3.22. The van der Waals surface area contributed by atoms with Crippen LogP contribution in [0.25, 0.3) is 6.08 Å². The van der Waals surface area contributed by atoms with Crippen molar-refractivity contribution in [3.05, 3.63) is 58.5 Å². The first-order valence-corrected chi connectivity index (χ1v) is 9.65. The zero-order valence-corrected chi connectivity index (χ0v) is 15.9. The lowest BCUT2D eigenvalue weighted by atomic mass is 10.1. The maximum absolute atomic E-state index is 12.9. The lowest BCUT2D eigenvalue weighted by Gasteiger charge is -2.18. The molecule has 0 bridgehead atoms. The summed E-state index contributed by atoms with van der Waals surface area (Å²) in [5, 5.41) is 0. The van der Waals surface area contributed by atoms with Gasteiger partial charge >= 0.3 is 0 Å². The minimum absolute atomic E-state index is 0.0980. The molecule has 0 saturated carbocycles. The summed E-state index contributed by atoms with van der Waals surface area (Å²) in [6.45, 7) is 3.19. The predicted octanol–water partition coefficient (Wildman–Crippen LogP) is 4.43. The van der Waals surface area contributed by atoms with Gasteiger partial charge in [-0.1, -0.05) is 49.1 Å². The van der Waals surface area contributed by atoms with E-state index >= 15 is 0 Å². The molecule has 2 heterocycles. The van der Waals surface area contributed by atoms with E-state index in [0.717, 1.165) is 23.4 Å². The van der Waals surface area contributed by atoms with Crippen LogP contribution in [0.15, 0.2) is 47.4 Å². The van der Waals surface area contributed by atoms with Gasteiger partial charge in [-0.15, -0.1) is 0 Å². The third-order valence-electron chi connectivity index (χ3n) is 4.26. The Hall–Kier alpha value is -2.31. The first kappa shape index (κ1) is 17.1. The molecule has 0 aliphatic carbocycles. The molecule has 0 unspecified atom stereocenters. The number of hydrogen-bond acceptors (Lipinski definition) is 5. The number of anilines is 1.